The number of aromatic hydroxyl groups is 1. The Morgan fingerprint density at radius 1 is 0.833 bits per heavy atom. The number of benzene rings is 4. The van der Waals surface area contributed by atoms with Gasteiger partial charge < -0.3 is 10.1 Å². The van der Waals surface area contributed by atoms with Crippen molar-refractivity contribution >= 4 is 21.8 Å². The van der Waals surface area contributed by atoms with Gasteiger partial charge in [0.25, 0.3) is 0 Å². The molecule has 1 aromatic heterocycles. The third kappa shape index (κ3) is 3.76. The molecule has 0 unspecified atom stereocenters. The summed E-state index contributed by atoms with van der Waals surface area (Å²) in [6.07, 6.45) is 1.27. The molecule has 0 fully saturated rings. The van der Waals surface area contributed by atoms with Crippen LogP contribution < -0.4 is 0 Å². The van der Waals surface area contributed by atoms with Gasteiger partial charge in [-0.15, -0.1) is 0 Å². The average molecular weight is 388 g/mol. The summed E-state index contributed by atoms with van der Waals surface area (Å²) in [5, 5.41) is 12.5. The number of nitrogens with zero attached hydrogens (tertiary/aromatic N) is 1. The summed E-state index contributed by atoms with van der Waals surface area (Å²) >= 11 is 0. The number of hydrogen-bond acceptors (Lipinski definition) is 2. The molecule has 0 aliphatic carbocycles. The molecule has 0 bridgehead atoms. The number of rotatable bonds is 3. The van der Waals surface area contributed by atoms with Crippen LogP contribution in [0.15, 0.2) is 84.9 Å². The summed E-state index contributed by atoms with van der Waals surface area (Å²) in [6, 6.07) is 28.1. The molecular formula is C27H20N2O. The standard InChI is InChI=1S/C27H20N2O/c30-26-18-21-14-13-20(9-6-12-27-28-24-10-4-5-11-25(24)29-27)15-22(21)17-23(26)16-19-7-2-1-3-8-19/h1-5,7-8,10-11,13-15,17-18,30H,12,16H2,(H,28,29). The second-order valence-corrected chi connectivity index (χ2v) is 7.38. The van der Waals surface area contributed by atoms with Crippen LogP contribution >= 0.6 is 0 Å². The first-order valence-corrected chi connectivity index (χ1v) is 9.97. The SMILES string of the molecule is Oc1cc2ccc(C#CCc3nc4ccccc4[nH]3)cc2cc1Cc1ccccc1. The van der Waals surface area contributed by atoms with Crippen molar-refractivity contribution < 1.29 is 5.11 Å². The maximum atomic E-state index is 10.4. The molecule has 0 saturated carbocycles. The highest BCUT2D eigenvalue weighted by molar-refractivity contribution is 5.86. The zero-order valence-corrected chi connectivity index (χ0v) is 16.4. The number of para-hydroxylation sites is 2. The van der Waals surface area contributed by atoms with Gasteiger partial charge in [0.15, 0.2) is 0 Å². The first-order valence-electron chi connectivity index (χ1n) is 9.97. The summed E-state index contributed by atoms with van der Waals surface area (Å²) in [6.45, 7) is 0. The summed E-state index contributed by atoms with van der Waals surface area (Å²) < 4.78 is 0. The minimum Gasteiger partial charge on any atom is -0.508 e. The molecule has 0 atom stereocenters. The van der Waals surface area contributed by atoms with Crippen LogP contribution in [0.2, 0.25) is 0 Å². The molecule has 0 aliphatic heterocycles. The van der Waals surface area contributed by atoms with Crippen molar-refractivity contribution in [2.24, 2.45) is 0 Å². The van der Waals surface area contributed by atoms with Crippen LogP contribution in [0.3, 0.4) is 0 Å². The fraction of sp³-hybridized carbons (Fsp3) is 0.0741. The van der Waals surface area contributed by atoms with Crippen molar-refractivity contribution in [3.63, 3.8) is 0 Å². The van der Waals surface area contributed by atoms with Crippen molar-refractivity contribution in [1.29, 1.82) is 0 Å². The van der Waals surface area contributed by atoms with E-state index in [-0.39, 0.29) is 0 Å². The lowest BCUT2D eigenvalue weighted by atomic mass is 9.99. The van der Waals surface area contributed by atoms with E-state index in [1.807, 2.05) is 60.7 Å². The largest absolute Gasteiger partial charge is 0.508 e. The third-order valence-corrected chi connectivity index (χ3v) is 5.20. The first-order chi connectivity index (χ1) is 14.7. The van der Waals surface area contributed by atoms with Crippen molar-refractivity contribution in [3.8, 4) is 17.6 Å². The quantitative estimate of drug-likeness (QED) is 0.395. The molecule has 0 amide bonds. The zero-order chi connectivity index (χ0) is 20.3. The van der Waals surface area contributed by atoms with Gasteiger partial charge in [0.1, 0.15) is 11.6 Å². The van der Waals surface area contributed by atoms with Crippen molar-refractivity contribution in [2.45, 2.75) is 12.8 Å². The fourth-order valence-electron chi connectivity index (χ4n) is 3.69. The van der Waals surface area contributed by atoms with E-state index in [0.717, 1.165) is 38.8 Å². The van der Waals surface area contributed by atoms with Gasteiger partial charge in [-0.05, 0) is 58.3 Å². The van der Waals surface area contributed by atoms with Crippen LogP contribution in [0.1, 0.15) is 22.5 Å². The molecule has 5 rings (SSSR count). The lowest BCUT2D eigenvalue weighted by Gasteiger charge is -2.08. The van der Waals surface area contributed by atoms with Gasteiger partial charge in [-0.25, -0.2) is 4.98 Å². The third-order valence-electron chi connectivity index (χ3n) is 5.20. The van der Waals surface area contributed by atoms with E-state index in [0.29, 0.717) is 18.6 Å². The monoisotopic (exact) mass is 388 g/mol. The zero-order valence-electron chi connectivity index (χ0n) is 16.4. The molecule has 0 spiro atoms. The Morgan fingerprint density at radius 2 is 1.67 bits per heavy atom. The van der Waals surface area contributed by atoms with E-state index in [1.165, 1.54) is 5.56 Å². The van der Waals surface area contributed by atoms with Crippen molar-refractivity contribution in [3.05, 3.63) is 107 Å². The Labute approximate surface area is 175 Å². The number of H-pyrrole nitrogens is 1. The van der Waals surface area contributed by atoms with Crippen LogP contribution in [0, 0.1) is 11.8 Å². The Balaban J connectivity index is 1.40. The molecule has 30 heavy (non-hydrogen) atoms. The van der Waals surface area contributed by atoms with Gasteiger partial charge in [0, 0.05) is 12.0 Å². The normalized spacial score (nSPS) is 10.8. The Kier molecular flexibility index (Phi) is 4.67. The maximum Gasteiger partial charge on any atom is 0.119 e. The van der Waals surface area contributed by atoms with E-state index < -0.39 is 0 Å². The van der Waals surface area contributed by atoms with Crippen molar-refractivity contribution in [1.82, 2.24) is 9.97 Å². The molecule has 0 saturated heterocycles. The molecule has 144 valence electrons. The molecule has 0 aliphatic rings. The number of phenols is 1. The van der Waals surface area contributed by atoms with Crippen LogP contribution in [0.4, 0.5) is 0 Å². The van der Waals surface area contributed by atoms with E-state index in [4.69, 9.17) is 0 Å². The summed E-state index contributed by atoms with van der Waals surface area (Å²) in [4.78, 5) is 7.88. The number of nitrogens with one attached hydrogen (secondary N) is 1. The minimum absolute atomic E-state index is 0.329. The van der Waals surface area contributed by atoms with Gasteiger partial charge in [-0.1, -0.05) is 60.4 Å². The lowest BCUT2D eigenvalue weighted by molar-refractivity contribution is 0.470. The van der Waals surface area contributed by atoms with Crippen molar-refractivity contribution in [2.75, 3.05) is 0 Å². The van der Waals surface area contributed by atoms with Gasteiger partial charge in [0.2, 0.25) is 0 Å². The number of fused-ring (bicyclic) bond motifs is 2. The van der Waals surface area contributed by atoms with E-state index in [2.05, 4.69) is 46.1 Å². The maximum absolute atomic E-state index is 10.4. The molecule has 3 nitrogen and oxygen atoms in total. The van der Waals surface area contributed by atoms with Gasteiger partial charge in [-0.2, -0.15) is 0 Å². The molecule has 4 aromatic carbocycles. The molecule has 1 heterocycles. The Morgan fingerprint density at radius 3 is 2.53 bits per heavy atom. The fourth-order valence-corrected chi connectivity index (χ4v) is 3.69. The summed E-state index contributed by atoms with van der Waals surface area (Å²) in [5.74, 6) is 7.66. The predicted octanol–water partition coefficient (Wildman–Crippen LogP) is 5.61. The number of phenolic OH excluding ortho intramolecular Hbond substituents is 1. The lowest BCUT2D eigenvalue weighted by Crippen LogP contribution is -1.90. The second-order valence-electron chi connectivity index (χ2n) is 7.38. The van der Waals surface area contributed by atoms with Gasteiger partial charge >= 0.3 is 0 Å². The summed E-state index contributed by atoms with van der Waals surface area (Å²) in [7, 11) is 0. The number of aromatic nitrogens is 2. The van der Waals surface area contributed by atoms with Crippen LogP contribution in [-0.4, -0.2) is 15.1 Å². The molecule has 2 N–H and O–H groups in total. The van der Waals surface area contributed by atoms with Crippen LogP contribution in [0.5, 0.6) is 5.75 Å². The topological polar surface area (TPSA) is 48.9 Å². The van der Waals surface area contributed by atoms with Crippen LogP contribution in [0.25, 0.3) is 21.8 Å². The molecular weight excluding hydrogens is 368 g/mol. The molecule has 3 heteroatoms. The predicted molar refractivity (Wildman–Crippen MR) is 122 cm³/mol. The van der Waals surface area contributed by atoms with E-state index in [9.17, 15) is 5.11 Å². The van der Waals surface area contributed by atoms with Gasteiger partial charge in [-0.3, -0.25) is 0 Å². The Bertz CT molecular complexity index is 1370. The average Bonchev–Trinajstić information content (AvgIpc) is 3.18. The smallest absolute Gasteiger partial charge is 0.119 e. The number of hydrogen-bond donors (Lipinski definition) is 2. The summed E-state index contributed by atoms with van der Waals surface area (Å²) in [5.41, 5.74) is 5.04. The van der Waals surface area contributed by atoms with E-state index >= 15 is 0 Å². The number of aromatic amines is 1. The minimum atomic E-state index is 0.329. The highest BCUT2D eigenvalue weighted by Crippen LogP contribution is 2.27. The Hall–Kier alpha value is -4.03. The molecule has 0 radical (unpaired) electrons. The number of imidazole rings is 1. The van der Waals surface area contributed by atoms with Crippen LogP contribution in [-0.2, 0) is 12.8 Å². The highest BCUT2D eigenvalue weighted by Gasteiger charge is 2.06. The van der Waals surface area contributed by atoms with Gasteiger partial charge in [0.05, 0.1) is 17.5 Å². The highest BCUT2D eigenvalue weighted by atomic mass is 16.3. The van der Waals surface area contributed by atoms with E-state index in [1.54, 1.807) is 0 Å². The molecule has 5 aromatic rings. The first kappa shape index (κ1) is 18.0. The second kappa shape index (κ2) is 7.77.